The van der Waals surface area contributed by atoms with Crippen molar-refractivity contribution in [3.05, 3.63) is 30.3 Å². The third kappa shape index (κ3) is 2.88. The van der Waals surface area contributed by atoms with Crippen molar-refractivity contribution in [2.75, 3.05) is 18.9 Å². The van der Waals surface area contributed by atoms with Crippen molar-refractivity contribution in [3.63, 3.8) is 0 Å². The molecule has 0 spiro atoms. The number of rotatable bonds is 3. The average Bonchev–Trinajstić information content (AvgIpc) is 2.87. The highest BCUT2D eigenvalue weighted by atomic mass is 16.5. The smallest absolute Gasteiger partial charge is 0.169 e. The van der Waals surface area contributed by atoms with E-state index in [-0.39, 0.29) is 6.10 Å². The third-order valence-corrected chi connectivity index (χ3v) is 3.14. The Hall–Kier alpha value is -2.01. The number of nitrogens with two attached hydrogens (primary N) is 1. The molecule has 1 fully saturated rings. The van der Waals surface area contributed by atoms with Gasteiger partial charge in [0.05, 0.1) is 13.2 Å². The quantitative estimate of drug-likeness (QED) is 0.918. The molecule has 5 heteroatoms. The Bertz CT molecular complexity index is 530. The van der Waals surface area contributed by atoms with Crippen LogP contribution in [0, 0.1) is 0 Å². The van der Waals surface area contributed by atoms with Crippen LogP contribution in [-0.4, -0.2) is 24.5 Å². The van der Waals surface area contributed by atoms with Crippen molar-refractivity contribution in [1.29, 1.82) is 0 Å². The van der Waals surface area contributed by atoms with E-state index in [1.807, 2.05) is 24.3 Å². The SMILES string of the molecule is Nc1cc(-c2ccc(OC3CCOCC3)cc2)on1. The lowest BCUT2D eigenvalue weighted by molar-refractivity contribution is 0.0256. The van der Waals surface area contributed by atoms with Crippen LogP contribution < -0.4 is 10.5 Å². The molecule has 19 heavy (non-hydrogen) atoms. The largest absolute Gasteiger partial charge is 0.490 e. The second kappa shape index (κ2) is 5.32. The lowest BCUT2D eigenvalue weighted by Crippen LogP contribution is -2.25. The molecule has 2 aromatic rings. The summed E-state index contributed by atoms with van der Waals surface area (Å²) in [7, 11) is 0. The second-order valence-corrected chi connectivity index (χ2v) is 4.57. The number of benzene rings is 1. The number of nitrogen functional groups attached to an aromatic ring is 1. The molecule has 3 rings (SSSR count). The molecular weight excluding hydrogens is 244 g/mol. The van der Waals surface area contributed by atoms with Crippen LogP contribution in [0.2, 0.25) is 0 Å². The van der Waals surface area contributed by atoms with Gasteiger partial charge in [0.25, 0.3) is 0 Å². The van der Waals surface area contributed by atoms with Gasteiger partial charge < -0.3 is 19.7 Å². The van der Waals surface area contributed by atoms with Crippen molar-refractivity contribution in [3.8, 4) is 17.1 Å². The minimum Gasteiger partial charge on any atom is -0.490 e. The molecule has 0 bridgehead atoms. The molecular formula is C14H16N2O3. The van der Waals surface area contributed by atoms with Gasteiger partial charge in [-0.2, -0.15) is 0 Å². The third-order valence-electron chi connectivity index (χ3n) is 3.14. The zero-order valence-corrected chi connectivity index (χ0v) is 10.5. The van der Waals surface area contributed by atoms with Crippen LogP contribution in [0.5, 0.6) is 5.75 Å². The van der Waals surface area contributed by atoms with E-state index in [1.54, 1.807) is 6.07 Å². The number of aromatic nitrogens is 1. The number of nitrogens with zero attached hydrogens (tertiary/aromatic N) is 1. The minimum absolute atomic E-state index is 0.250. The molecule has 0 aliphatic carbocycles. The summed E-state index contributed by atoms with van der Waals surface area (Å²) >= 11 is 0. The molecule has 100 valence electrons. The molecule has 0 atom stereocenters. The van der Waals surface area contributed by atoms with Gasteiger partial charge in [-0.15, -0.1) is 0 Å². The molecule has 1 aromatic carbocycles. The highest BCUT2D eigenvalue weighted by Crippen LogP contribution is 2.25. The molecule has 5 nitrogen and oxygen atoms in total. The van der Waals surface area contributed by atoms with E-state index in [1.165, 1.54) is 0 Å². The minimum atomic E-state index is 0.250. The van der Waals surface area contributed by atoms with Gasteiger partial charge in [0.15, 0.2) is 11.6 Å². The lowest BCUT2D eigenvalue weighted by atomic mass is 10.1. The molecule has 2 N–H and O–H groups in total. The highest BCUT2D eigenvalue weighted by Gasteiger charge is 2.15. The maximum absolute atomic E-state index is 5.90. The van der Waals surface area contributed by atoms with Crippen LogP contribution in [0.3, 0.4) is 0 Å². The summed E-state index contributed by atoms with van der Waals surface area (Å²) < 4.78 is 16.3. The Morgan fingerprint density at radius 2 is 1.89 bits per heavy atom. The zero-order chi connectivity index (χ0) is 13.1. The molecule has 0 unspecified atom stereocenters. The molecule has 1 aliphatic heterocycles. The molecule has 0 radical (unpaired) electrons. The monoisotopic (exact) mass is 260 g/mol. The topological polar surface area (TPSA) is 70.5 Å². The van der Waals surface area contributed by atoms with Gasteiger partial charge in [-0.25, -0.2) is 0 Å². The van der Waals surface area contributed by atoms with Gasteiger partial charge in [-0.05, 0) is 24.3 Å². The van der Waals surface area contributed by atoms with E-state index in [0.717, 1.165) is 37.4 Å². The normalized spacial score (nSPS) is 16.4. The average molecular weight is 260 g/mol. The molecule has 2 heterocycles. The zero-order valence-electron chi connectivity index (χ0n) is 10.5. The first-order valence-corrected chi connectivity index (χ1v) is 6.38. The first-order chi connectivity index (χ1) is 9.31. The Morgan fingerprint density at radius 1 is 1.16 bits per heavy atom. The summed E-state index contributed by atoms with van der Waals surface area (Å²) in [6.07, 6.45) is 2.14. The van der Waals surface area contributed by atoms with Crippen molar-refractivity contribution < 1.29 is 14.0 Å². The van der Waals surface area contributed by atoms with E-state index in [9.17, 15) is 0 Å². The van der Waals surface area contributed by atoms with Gasteiger partial charge in [-0.1, -0.05) is 5.16 Å². The molecule has 1 aromatic heterocycles. The predicted molar refractivity (Wildman–Crippen MR) is 70.8 cm³/mol. The Balaban J connectivity index is 1.68. The van der Waals surface area contributed by atoms with Crippen molar-refractivity contribution in [1.82, 2.24) is 5.16 Å². The fourth-order valence-electron chi connectivity index (χ4n) is 2.11. The summed E-state index contributed by atoms with van der Waals surface area (Å²) in [6, 6.07) is 9.45. The summed E-state index contributed by atoms with van der Waals surface area (Å²) in [5.41, 5.74) is 6.46. The van der Waals surface area contributed by atoms with Gasteiger partial charge >= 0.3 is 0 Å². The van der Waals surface area contributed by atoms with E-state index in [2.05, 4.69) is 5.16 Å². The summed E-state index contributed by atoms with van der Waals surface area (Å²) in [6.45, 7) is 1.56. The molecule has 1 aliphatic rings. The lowest BCUT2D eigenvalue weighted by Gasteiger charge is -2.23. The van der Waals surface area contributed by atoms with Crippen LogP contribution in [0.1, 0.15) is 12.8 Å². The predicted octanol–water partition coefficient (Wildman–Crippen LogP) is 2.48. The van der Waals surface area contributed by atoms with Crippen molar-refractivity contribution in [2.24, 2.45) is 0 Å². The van der Waals surface area contributed by atoms with E-state index < -0.39 is 0 Å². The van der Waals surface area contributed by atoms with Gasteiger partial charge in [0, 0.05) is 24.5 Å². The fraction of sp³-hybridized carbons (Fsp3) is 0.357. The second-order valence-electron chi connectivity index (χ2n) is 4.57. The maximum atomic E-state index is 5.90. The number of anilines is 1. The van der Waals surface area contributed by atoms with Crippen LogP contribution in [0.25, 0.3) is 11.3 Å². The van der Waals surface area contributed by atoms with Crippen LogP contribution >= 0.6 is 0 Å². The van der Waals surface area contributed by atoms with Gasteiger partial charge in [0.2, 0.25) is 0 Å². The molecule has 1 saturated heterocycles. The Kier molecular flexibility index (Phi) is 3.37. The first kappa shape index (κ1) is 12.0. The summed E-state index contributed by atoms with van der Waals surface area (Å²) in [5, 5.41) is 3.67. The first-order valence-electron chi connectivity index (χ1n) is 6.38. The fourth-order valence-corrected chi connectivity index (χ4v) is 2.11. The van der Waals surface area contributed by atoms with Crippen LogP contribution in [0.4, 0.5) is 5.82 Å². The summed E-state index contributed by atoms with van der Waals surface area (Å²) in [4.78, 5) is 0. The maximum Gasteiger partial charge on any atom is 0.169 e. The number of hydrogen-bond donors (Lipinski definition) is 1. The molecule has 0 saturated carbocycles. The Labute approximate surface area is 111 Å². The van der Waals surface area contributed by atoms with Gasteiger partial charge in [0.1, 0.15) is 11.9 Å². The molecule has 0 amide bonds. The number of hydrogen-bond acceptors (Lipinski definition) is 5. The van der Waals surface area contributed by atoms with E-state index in [4.69, 9.17) is 19.7 Å². The van der Waals surface area contributed by atoms with Gasteiger partial charge in [-0.3, -0.25) is 0 Å². The number of ether oxygens (including phenoxy) is 2. The standard InChI is InChI=1S/C14H16N2O3/c15-14-9-13(19-16-14)10-1-3-11(4-2-10)18-12-5-7-17-8-6-12/h1-4,9,12H,5-8H2,(H2,15,16). The van der Waals surface area contributed by atoms with E-state index >= 15 is 0 Å². The van der Waals surface area contributed by atoms with Crippen molar-refractivity contribution >= 4 is 5.82 Å². The van der Waals surface area contributed by atoms with E-state index in [0.29, 0.717) is 11.6 Å². The summed E-state index contributed by atoms with van der Waals surface area (Å²) in [5.74, 6) is 1.91. The van der Waals surface area contributed by atoms with Crippen molar-refractivity contribution in [2.45, 2.75) is 18.9 Å². The van der Waals surface area contributed by atoms with Crippen LogP contribution in [-0.2, 0) is 4.74 Å². The Morgan fingerprint density at radius 3 is 2.53 bits per heavy atom. The van der Waals surface area contributed by atoms with Crippen LogP contribution in [0.15, 0.2) is 34.9 Å². The highest BCUT2D eigenvalue weighted by molar-refractivity contribution is 5.60.